The minimum atomic E-state index is -0.527. The third kappa shape index (κ3) is 1.95. The van der Waals surface area contributed by atoms with Gasteiger partial charge in [0.2, 0.25) is 0 Å². The lowest BCUT2D eigenvalue weighted by molar-refractivity contribution is 0.320. The maximum absolute atomic E-state index is 12.9. The second-order valence-corrected chi connectivity index (χ2v) is 3.29. The van der Waals surface area contributed by atoms with E-state index in [2.05, 4.69) is 21.1 Å². The highest BCUT2D eigenvalue weighted by atomic mass is 79.9. The molecule has 0 unspecified atom stereocenters. The zero-order chi connectivity index (χ0) is 9.14. The van der Waals surface area contributed by atoms with Crippen LogP contribution >= 0.6 is 27.5 Å². The maximum Gasteiger partial charge on any atom is 0.178 e. The van der Waals surface area contributed by atoms with Crippen LogP contribution in [-0.4, -0.2) is 10.4 Å². The third-order valence-corrected chi connectivity index (χ3v) is 2.01. The number of hydrogen-bond acceptors (Lipinski definition) is 2. The molecule has 1 rings (SSSR count). The van der Waals surface area contributed by atoms with Crippen molar-refractivity contribution in [1.82, 2.24) is 0 Å². The molecular weight excluding hydrogens is 248 g/mol. The minimum absolute atomic E-state index is 0.0635. The molecule has 0 atom stereocenters. The first-order chi connectivity index (χ1) is 5.65. The van der Waals surface area contributed by atoms with Gasteiger partial charge in [0.15, 0.2) is 5.17 Å². The number of hydrogen-bond donors (Lipinski definition) is 1. The van der Waals surface area contributed by atoms with E-state index in [0.717, 1.165) is 0 Å². The molecule has 12 heavy (non-hydrogen) atoms. The van der Waals surface area contributed by atoms with Gasteiger partial charge in [-0.15, -0.1) is 0 Å². The van der Waals surface area contributed by atoms with Crippen LogP contribution < -0.4 is 0 Å². The van der Waals surface area contributed by atoms with E-state index in [0.29, 0.717) is 4.47 Å². The van der Waals surface area contributed by atoms with Gasteiger partial charge in [-0.1, -0.05) is 32.7 Å². The van der Waals surface area contributed by atoms with E-state index in [4.69, 9.17) is 16.8 Å². The van der Waals surface area contributed by atoms with Gasteiger partial charge in [0.05, 0.1) is 5.56 Å². The molecule has 0 saturated heterocycles. The molecule has 0 amide bonds. The summed E-state index contributed by atoms with van der Waals surface area (Å²) >= 11 is 8.54. The largest absolute Gasteiger partial charge is 0.410 e. The smallest absolute Gasteiger partial charge is 0.178 e. The molecule has 1 aromatic rings. The molecule has 0 saturated carbocycles. The van der Waals surface area contributed by atoms with E-state index in [9.17, 15) is 4.39 Å². The zero-order valence-electron chi connectivity index (χ0n) is 5.76. The number of rotatable bonds is 1. The van der Waals surface area contributed by atoms with Gasteiger partial charge in [-0.25, -0.2) is 4.39 Å². The molecular formula is C7H4BrClFNO. The normalized spacial score (nSPS) is 11.8. The molecule has 1 N–H and O–H groups in total. The summed E-state index contributed by atoms with van der Waals surface area (Å²) in [6.45, 7) is 0. The van der Waals surface area contributed by atoms with Crippen LogP contribution in [0.2, 0.25) is 0 Å². The van der Waals surface area contributed by atoms with E-state index < -0.39 is 5.82 Å². The van der Waals surface area contributed by atoms with Gasteiger partial charge in [-0.3, -0.25) is 0 Å². The predicted octanol–water partition coefficient (Wildman–Crippen LogP) is 2.96. The molecule has 0 aliphatic heterocycles. The zero-order valence-corrected chi connectivity index (χ0v) is 8.10. The topological polar surface area (TPSA) is 32.6 Å². The van der Waals surface area contributed by atoms with Crippen molar-refractivity contribution in [2.75, 3.05) is 0 Å². The Bertz CT molecular complexity index is 329. The predicted molar refractivity (Wildman–Crippen MR) is 48.3 cm³/mol. The number of benzene rings is 1. The quantitative estimate of drug-likeness (QED) is 0.465. The van der Waals surface area contributed by atoms with Crippen LogP contribution in [0.5, 0.6) is 0 Å². The second-order valence-electron chi connectivity index (χ2n) is 2.01. The summed E-state index contributed by atoms with van der Waals surface area (Å²) in [4.78, 5) is 0. The Morgan fingerprint density at radius 1 is 1.58 bits per heavy atom. The lowest BCUT2D eigenvalue weighted by Crippen LogP contribution is -1.95. The molecule has 0 aliphatic rings. The Labute approximate surface area is 81.8 Å². The van der Waals surface area contributed by atoms with Crippen LogP contribution in [-0.2, 0) is 0 Å². The molecule has 1 aromatic carbocycles. The standard InChI is InChI=1S/C7H4BrClFNO/c8-4-1-2-6(10)5(3-4)7(9)11-12/h1-3,12H/b11-7+. The molecule has 0 radical (unpaired) electrons. The number of nitrogens with zero attached hydrogens (tertiary/aromatic N) is 1. The van der Waals surface area contributed by atoms with Crippen LogP contribution in [0.15, 0.2) is 27.8 Å². The summed E-state index contributed by atoms with van der Waals surface area (Å²) < 4.78 is 13.6. The van der Waals surface area contributed by atoms with Gasteiger partial charge in [0, 0.05) is 4.47 Å². The Balaban J connectivity index is 3.23. The molecule has 0 aliphatic carbocycles. The molecule has 0 heterocycles. The highest BCUT2D eigenvalue weighted by Gasteiger charge is 2.07. The van der Waals surface area contributed by atoms with Gasteiger partial charge in [-0.2, -0.15) is 0 Å². The van der Waals surface area contributed by atoms with Gasteiger partial charge < -0.3 is 5.21 Å². The first-order valence-electron chi connectivity index (χ1n) is 2.98. The van der Waals surface area contributed by atoms with E-state index in [1.807, 2.05) is 0 Å². The van der Waals surface area contributed by atoms with Crippen LogP contribution in [0.3, 0.4) is 0 Å². The fraction of sp³-hybridized carbons (Fsp3) is 0. The van der Waals surface area contributed by atoms with Crippen LogP contribution in [0.1, 0.15) is 5.56 Å². The van der Waals surface area contributed by atoms with E-state index in [1.54, 1.807) is 0 Å². The van der Waals surface area contributed by atoms with Crippen LogP contribution in [0.4, 0.5) is 4.39 Å². The van der Waals surface area contributed by atoms with Crippen molar-refractivity contribution in [2.24, 2.45) is 5.16 Å². The van der Waals surface area contributed by atoms with E-state index in [-0.39, 0.29) is 10.7 Å². The highest BCUT2D eigenvalue weighted by molar-refractivity contribution is 9.10. The van der Waals surface area contributed by atoms with Crippen molar-refractivity contribution in [3.8, 4) is 0 Å². The van der Waals surface area contributed by atoms with Crippen LogP contribution in [0.25, 0.3) is 0 Å². The fourth-order valence-electron chi connectivity index (χ4n) is 0.709. The molecule has 5 heteroatoms. The molecule has 0 fully saturated rings. The average molecular weight is 252 g/mol. The summed E-state index contributed by atoms with van der Waals surface area (Å²) in [6.07, 6.45) is 0. The number of halogens is 3. The second kappa shape index (κ2) is 3.87. The summed E-state index contributed by atoms with van der Waals surface area (Å²) in [5.74, 6) is -0.527. The van der Waals surface area contributed by atoms with Crippen molar-refractivity contribution in [3.05, 3.63) is 34.1 Å². The molecule has 64 valence electrons. The molecule has 0 spiro atoms. The van der Waals surface area contributed by atoms with Gasteiger partial charge in [0.25, 0.3) is 0 Å². The monoisotopic (exact) mass is 251 g/mol. The summed E-state index contributed by atoms with van der Waals surface area (Å²) in [6, 6.07) is 4.19. The highest BCUT2D eigenvalue weighted by Crippen LogP contribution is 2.17. The third-order valence-electron chi connectivity index (χ3n) is 1.24. The molecule has 0 bridgehead atoms. The lowest BCUT2D eigenvalue weighted by Gasteiger charge is -1.98. The lowest BCUT2D eigenvalue weighted by atomic mass is 10.2. The Kier molecular flexibility index (Phi) is 3.05. The Morgan fingerprint density at radius 2 is 2.25 bits per heavy atom. The first kappa shape index (κ1) is 9.48. The van der Waals surface area contributed by atoms with Gasteiger partial charge in [0.1, 0.15) is 5.82 Å². The van der Waals surface area contributed by atoms with Gasteiger partial charge >= 0.3 is 0 Å². The van der Waals surface area contributed by atoms with Crippen molar-refractivity contribution in [3.63, 3.8) is 0 Å². The van der Waals surface area contributed by atoms with Crippen molar-refractivity contribution < 1.29 is 9.60 Å². The average Bonchev–Trinajstić information content (AvgIpc) is 2.08. The van der Waals surface area contributed by atoms with Crippen molar-refractivity contribution >= 4 is 32.7 Å². The van der Waals surface area contributed by atoms with E-state index >= 15 is 0 Å². The molecule has 2 nitrogen and oxygen atoms in total. The maximum atomic E-state index is 12.9. The van der Waals surface area contributed by atoms with E-state index in [1.165, 1.54) is 18.2 Å². The number of oxime groups is 1. The van der Waals surface area contributed by atoms with Crippen LogP contribution in [0, 0.1) is 5.82 Å². The summed E-state index contributed by atoms with van der Waals surface area (Å²) in [5.41, 5.74) is 0.0635. The van der Waals surface area contributed by atoms with Crippen molar-refractivity contribution in [1.29, 1.82) is 0 Å². The summed E-state index contributed by atoms with van der Waals surface area (Å²) in [5, 5.41) is 10.7. The Morgan fingerprint density at radius 3 is 2.83 bits per heavy atom. The SMILES string of the molecule is O/N=C(/Cl)c1cc(Br)ccc1F. The first-order valence-corrected chi connectivity index (χ1v) is 4.15. The fourth-order valence-corrected chi connectivity index (χ4v) is 1.22. The minimum Gasteiger partial charge on any atom is -0.410 e. The van der Waals surface area contributed by atoms with Gasteiger partial charge in [-0.05, 0) is 18.2 Å². The molecule has 0 aromatic heterocycles. The van der Waals surface area contributed by atoms with Crippen molar-refractivity contribution in [2.45, 2.75) is 0 Å². The Hall–Kier alpha value is -0.610. The summed E-state index contributed by atoms with van der Waals surface area (Å²) in [7, 11) is 0.